The van der Waals surface area contributed by atoms with E-state index in [0.29, 0.717) is 17.5 Å². The Morgan fingerprint density at radius 2 is 2.36 bits per heavy atom. The van der Waals surface area contributed by atoms with Gasteiger partial charge in [-0.25, -0.2) is 4.98 Å². The van der Waals surface area contributed by atoms with Gasteiger partial charge in [0.1, 0.15) is 12.0 Å². The monoisotopic (exact) mass is 155 g/mol. The predicted molar refractivity (Wildman–Crippen MR) is 41.0 cm³/mol. The number of nitrogens with zero attached hydrogens (tertiary/aromatic N) is 1. The van der Waals surface area contributed by atoms with Crippen molar-refractivity contribution in [3.05, 3.63) is 17.8 Å². The highest BCUT2D eigenvalue weighted by atomic mass is 16.3. The van der Waals surface area contributed by atoms with Crippen LogP contribution >= 0.6 is 0 Å². The van der Waals surface area contributed by atoms with Crippen LogP contribution in [0.25, 0.3) is 0 Å². The molecule has 0 saturated carbocycles. The minimum absolute atomic E-state index is 0.0401. The number of hydrogen-bond donors (Lipinski definition) is 1. The third kappa shape index (κ3) is 2.35. The predicted octanol–water partition coefficient (Wildman–Crippen LogP) is 1.37. The first-order valence-electron chi connectivity index (χ1n) is 3.76. The van der Waals surface area contributed by atoms with E-state index in [1.165, 1.54) is 6.26 Å². The van der Waals surface area contributed by atoms with E-state index in [4.69, 9.17) is 9.52 Å². The molecule has 1 heterocycles. The summed E-state index contributed by atoms with van der Waals surface area (Å²) in [5.41, 5.74) is 0.612. The molecule has 62 valence electrons. The summed E-state index contributed by atoms with van der Waals surface area (Å²) in [5, 5.41) is 8.66. The molecule has 1 aromatic rings. The van der Waals surface area contributed by atoms with Crippen molar-refractivity contribution >= 4 is 0 Å². The van der Waals surface area contributed by atoms with Gasteiger partial charge in [-0.2, -0.15) is 0 Å². The molecule has 11 heavy (non-hydrogen) atoms. The molecule has 0 atom stereocenters. The van der Waals surface area contributed by atoms with Crippen molar-refractivity contribution in [2.45, 2.75) is 26.9 Å². The molecule has 1 N–H and O–H groups in total. The Kier molecular flexibility index (Phi) is 2.65. The summed E-state index contributed by atoms with van der Waals surface area (Å²) < 4.78 is 5.10. The van der Waals surface area contributed by atoms with Crippen molar-refractivity contribution in [2.75, 3.05) is 0 Å². The van der Waals surface area contributed by atoms with Crippen LogP contribution in [0.3, 0.4) is 0 Å². The Morgan fingerprint density at radius 1 is 1.64 bits per heavy atom. The molecule has 3 nitrogen and oxygen atoms in total. The fourth-order valence-electron chi connectivity index (χ4n) is 0.865. The highest BCUT2D eigenvalue weighted by Crippen LogP contribution is 2.07. The lowest BCUT2D eigenvalue weighted by Gasteiger charge is -1.96. The van der Waals surface area contributed by atoms with Gasteiger partial charge in [-0.15, -0.1) is 0 Å². The molecule has 0 bridgehead atoms. The van der Waals surface area contributed by atoms with Gasteiger partial charge in [0.15, 0.2) is 5.89 Å². The average molecular weight is 155 g/mol. The second-order valence-corrected chi connectivity index (χ2v) is 2.99. The number of aliphatic hydroxyl groups excluding tert-OH is 1. The molecule has 0 aliphatic carbocycles. The Labute approximate surface area is 66.1 Å². The first-order valence-corrected chi connectivity index (χ1v) is 3.76. The van der Waals surface area contributed by atoms with E-state index in [2.05, 4.69) is 18.8 Å². The van der Waals surface area contributed by atoms with E-state index in [1.807, 2.05) is 0 Å². The Balaban J connectivity index is 2.58. The van der Waals surface area contributed by atoms with E-state index in [9.17, 15) is 0 Å². The van der Waals surface area contributed by atoms with Crippen LogP contribution in [0.15, 0.2) is 10.7 Å². The topological polar surface area (TPSA) is 46.3 Å². The zero-order valence-electron chi connectivity index (χ0n) is 6.87. The lowest BCUT2D eigenvalue weighted by molar-refractivity contribution is 0.276. The van der Waals surface area contributed by atoms with Crippen molar-refractivity contribution < 1.29 is 9.52 Å². The van der Waals surface area contributed by atoms with Gasteiger partial charge in [-0.1, -0.05) is 13.8 Å². The molecule has 0 aliphatic heterocycles. The van der Waals surface area contributed by atoms with Crippen molar-refractivity contribution in [2.24, 2.45) is 5.92 Å². The highest BCUT2D eigenvalue weighted by molar-refractivity contribution is 4.94. The summed E-state index contributed by atoms with van der Waals surface area (Å²) in [6, 6.07) is 0. The van der Waals surface area contributed by atoms with E-state index < -0.39 is 0 Å². The van der Waals surface area contributed by atoms with Crippen LogP contribution in [0.4, 0.5) is 0 Å². The summed E-state index contributed by atoms with van der Waals surface area (Å²) in [5.74, 6) is 1.25. The SMILES string of the molecule is CC(C)Cc1nc(CO)co1. The first kappa shape index (κ1) is 8.27. The largest absolute Gasteiger partial charge is 0.449 e. The fourth-order valence-corrected chi connectivity index (χ4v) is 0.865. The zero-order valence-corrected chi connectivity index (χ0v) is 6.87. The van der Waals surface area contributed by atoms with E-state index in [0.717, 1.165) is 6.42 Å². The van der Waals surface area contributed by atoms with Crippen molar-refractivity contribution in [1.82, 2.24) is 4.98 Å². The third-order valence-electron chi connectivity index (χ3n) is 1.34. The second-order valence-electron chi connectivity index (χ2n) is 2.99. The van der Waals surface area contributed by atoms with Crippen LogP contribution in [0, 0.1) is 5.92 Å². The molecule has 0 amide bonds. The van der Waals surface area contributed by atoms with E-state index in [1.54, 1.807) is 0 Å². The average Bonchev–Trinajstić information content (AvgIpc) is 2.34. The van der Waals surface area contributed by atoms with Crippen LogP contribution < -0.4 is 0 Å². The number of hydrogen-bond acceptors (Lipinski definition) is 3. The minimum Gasteiger partial charge on any atom is -0.449 e. The van der Waals surface area contributed by atoms with E-state index in [-0.39, 0.29) is 6.61 Å². The normalized spacial score (nSPS) is 10.9. The van der Waals surface area contributed by atoms with Crippen LogP contribution in [0.1, 0.15) is 25.4 Å². The van der Waals surface area contributed by atoms with Gasteiger partial charge in [-0.05, 0) is 5.92 Å². The molecule has 1 rings (SSSR count). The van der Waals surface area contributed by atoms with Gasteiger partial charge in [-0.3, -0.25) is 0 Å². The lowest BCUT2D eigenvalue weighted by atomic mass is 10.1. The second kappa shape index (κ2) is 3.53. The standard InChI is InChI=1S/C8H13NO2/c1-6(2)3-8-9-7(4-10)5-11-8/h5-6,10H,3-4H2,1-2H3. The molecule has 0 radical (unpaired) electrons. The van der Waals surface area contributed by atoms with Gasteiger partial charge in [0, 0.05) is 6.42 Å². The molecule has 0 fully saturated rings. The van der Waals surface area contributed by atoms with Gasteiger partial charge in [0.2, 0.25) is 0 Å². The molecule has 0 spiro atoms. The summed E-state index contributed by atoms with van der Waals surface area (Å²) in [4.78, 5) is 4.05. The Hall–Kier alpha value is -0.830. The van der Waals surface area contributed by atoms with Crippen LogP contribution in [0.5, 0.6) is 0 Å². The zero-order chi connectivity index (χ0) is 8.27. The maximum atomic E-state index is 8.66. The van der Waals surface area contributed by atoms with Crippen molar-refractivity contribution in [1.29, 1.82) is 0 Å². The molecular weight excluding hydrogens is 142 g/mol. The quantitative estimate of drug-likeness (QED) is 0.717. The number of rotatable bonds is 3. The van der Waals surface area contributed by atoms with Crippen molar-refractivity contribution in [3.63, 3.8) is 0 Å². The molecule has 1 aromatic heterocycles. The first-order chi connectivity index (χ1) is 5.22. The van der Waals surface area contributed by atoms with Crippen LogP contribution in [0.2, 0.25) is 0 Å². The summed E-state index contributed by atoms with van der Waals surface area (Å²) >= 11 is 0. The Bertz CT molecular complexity index is 218. The fraction of sp³-hybridized carbons (Fsp3) is 0.625. The molecule has 0 aromatic carbocycles. The molecule has 3 heteroatoms. The summed E-state index contributed by atoms with van der Waals surface area (Å²) in [6.07, 6.45) is 2.33. The number of aliphatic hydroxyl groups is 1. The molecular formula is C8H13NO2. The van der Waals surface area contributed by atoms with Crippen LogP contribution in [-0.2, 0) is 13.0 Å². The summed E-state index contributed by atoms with van der Waals surface area (Å²) in [7, 11) is 0. The number of aromatic nitrogens is 1. The summed E-state index contributed by atoms with van der Waals surface area (Å²) in [6.45, 7) is 4.16. The highest BCUT2D eigenvalue weighted by Gasteiger charge is 2.04. The van der Waals surface area contributed by atoms with Gasteiger partial charge < -0.3 is 9.52 Å². The van der Waals surface area contributed by atoms with Gasteiger partial charge in [0.25, 0.3) is 0 Å². The minimum atomic E-state index is -0.0401. The van der Waals surface area contributed by atoms with Gasteiger partial charge in [0.05, 0.1) is 6.61 Å². The van der Waals surface area contributed by atoms with Gasteiger partial charge >= 0.3 is 0 Å². The molecule has 0 saturated heterocycles. The van der Waals surface area contributed by atoms with Crippen LogP contribution in [-0.4, -0.2) is 10.1 Å². The maximum absolute atomic E-state index is 8.66. The lowest BCUT2D eigenvalue weighted by Crippen LogP contribution is -1.94. The Morgan fingerprint density at radius 3 is 2.82 bits per heavy atom. The molecule has 0 aliphatic rings. The van der Waals surface area contributed by atoms with Crippen molar-refractivity contribution in [3.8, 4) is 0 Å². The smallest absolute Gasteiger partial charge is 0.194 e. The third-order valence-corrected chi connectivity index (χ3v) is 1.34. The maximum Gasteiger partial charge on any atom is 0.194 e. The van der Waals surface area contributed by atoms with E-state index >= 15 is 0 Å². The number of oxazole rings is 1. The molecule has 0 unspecified atom stereocenters.